The number of hydrogen-bond donors (Lipinski definition) is 1. The minimum absolute atomic E-state index is 0.0887. The molecular weight excluding hydrogens is 514 g/mol. The van der Waals surface area contributed by atoms with Crippen LogP contribution in [0.2, 0.25) is 18.1 Å². The number of ether oxygens (including phenoxy) is 1. The first-order valence-electron chi connectivity index (χ1n) is 13.6. The van der Waals surface area contributed by atoms with E-state index in [1.807, 2.05) is 66.9 Å². The van der Waals surface area contributed by atoms with Crippen molar-refractivity contribution in [1.29, 1.82) is 0 Å². The van der Waals surface area contributed by atoms with Crippen LogP contribution in [0.25, 0.3) is 17.1 Å². The molecule has 0 bridgehead atoms. The Hall–Kier alpha value is -4.10. The summed E-state index contributed by atoms with van der Waals surface area (Å²) in [5.41, 5.74) is 5.23. The lowest BCUT2D eigenvalue weighted by molar-refractivity contribution is 0.414. The predicted octanol–water partition coefficient (Wildman–Crippen LogP) is 7.24. The van der Waals surface area contributed by atoms with Crippen molar-refractivity contribution < 1.29 is 9.16 Å². The van der Waals surface area contributed by atoms with E-state index in [4.69, 9.17) is 14.1 Å². The van der Waals surface area contributed by atoms with Gasteiger partial charge >= 0.3 is 0 Å². The van der Waals surface area contributed by atoms with Gasteiger partial charge in [-0.3, -0.25) is 9.36 Å². The number of fused-ring (bicyclic) bond motifs is 1. The van der Waals surface area contributed by atoms with Crippen molar-refractivity contribution in [2.45, 2.75) is 51.7 Å². The molecule has 206 valence electrons. The Labute approximate surface area is 237 Å². The van der Waals surface area contributed by atoms with Crippen molar-refractivity contribution in [2.24, 2.45) is 0 Å². The molecule has 0 spiro atoms. The molecule has 0 saturated carbocycles. The van der Waals surface area contributed by atoms with Gasteiger partial charge < -0.3 is 14.1 Å². The lowest BCUT2D eigenvalue weighted by Gasteiger charge is -2.36. The van der Waals surface area contributed by atoms with Crippen molar-refractivity contribution in [3.8, 4) is 28.6 Å². The zero-order valence-electron chi connectivity index (χ0n) is 24.1. The number of aromatic amines is 1. The number of nitrogens with zero attached hydrogens (tertiary/aromatic N) is 2. The summed E-state index contributed by atoms with van der Waals surface area (Å²) in [4.78, 5) is 22.1. The van der Waals surface area contributed by atoms with Crippen LogP contribution in [-0.2, 0) is 12.8 Å². The highest BCUT2D eigenvalue weighted by atomic mass is 28.4. The zero-order valence-corrected chi connectivity index (χ0v) is 25.1. The highest BCUT2D eigenvalue weighted by Crippen LogP contribution is 2.38. The van der Waals surface area contributed by atoms with Crippen LogP contribution in [-0.4, -0.2) is 30.0 Å². The SMILES string of the molecule is COc1ccc(Cc2nc3c(Cc4ccccc4)[nH]c(-c4cccc(O[Si](C)(C)C(C)(C)C)c4)cn-3c2=O)cc1. The van der Waals surface area contributed by atoms with Crippen molar-refractivity contribution >= 4 is 8.32 Å². The molecule has 7 heteroatoms. The number of aromatic nitrogens is 3. The van der Waals surface area contributed by atoms with Crippen LogP contribution in [0, 0.1) is 0 Å². The maximum atomic E-state index is 13.7. The summed E-state index contributed by atoms with van der Waals surface area (Å²) < 4.78 is 13.6. The van der Waals surface area contributed by atoms with Gasteiger partial charge in [-0.1, -0.05) is 75.4 Å². The molecule has 2 aliphatic rings. The van der Waals surface area contributed by atoms with Gasteiger partial charge in [-0.2, -0.15) is 0 Å². The molecule has 2 aliphatic heterocycles. The van der Waals surface area contributed by atoms with Gasteiger partial charge in [0.05, 0.1) is 18.5 Å². The van der Waals surface area contributed by atoms with E-state index >= 15 is 0 Å². The summed E-state index contributed by atoms with van der Waals surface area (Å²) in [5.74, 6) is 2.27. The molecule has 6 nitrogen and oxygen atoms in total. The van der Waals surface area contributed by atoms with Gasteiger partial charge in [0.2, 0.25) is 8.32 Å². The van der Waals surface area contributed by atoms with Crippen LogP contribution in [0.4, 0.5) is 0 Å². The van der Waals surface area contributed by atoms with Crippen LogP contribution in [0.1, 0.15) is 43.3 Å². The molecule has 0 unspecified atom stereocenters. The van der Waals surface area contributed by atoms with E-state index in [0.29, 0.717) is 24.4 Å². The number of rotatable bonds is 8. The average molecular weight is 552 g/mol. The zero-order chi connectivity index (χ0) is 28.5. The first-order valence-corrected chi connectivity index (χ1v) is 16.5. The third-order valence-electron chi connectivity index (χ3n) is 7.83. The normalized spacial score (nSPS) is 12.1. The third-order valence-corrected chi connectivity index (χ3v) is 12.2. The number of H-pyrrole nitrogens is 1. The smallest absolute Gasteiger partial charge is 0.278 e. The quantitative estimate of drug-likeness (QED) is 0.206. The summed E-state index contributed by atoms with van der Waals surface area (Å²) in [5, 5.41) is 0.0887. The van der Waals surface area contributed by atoms with E-state index in [1.165, 1.54) is 0 Å². The van der Waals surface area contributed by atoms with Gasteiger partial charge in [-0.25, -0.2) is 4.98 Å². The third kappa shape index (κ3) is 5.75. The minimum Gasteiger partial charge on any atom is -0.543 e. The summed E-state index contributed by atoms with van der Waals surface area (Å²) in [6.45, 7) is 11.2. The Morgan fingerprint density at radius 2 is 1.57 bits per heavy atom. The molecule has 2 heterocycles. The van der Waals surface area contributed by atoms with Crippen molar-refractivity contribution in [3.05, 3.63) is 118 Å². The molecule has 0 atom stereocenters. The van der Waals surface area contributed by atoms with Crippen LogP contribution in [0.15, 0.2) is 89.9 Å². The number of methoxy groups -OCH3 is 1. The van der Waals surface area contributed by atoms with Crippen molar-refractivity contribution in [2.75, 3.05) is 7.11 Å². The Morgan fingerprint density at radius 1 is 0.875 bits per heavy atom. The summed E-state index contributed by atoms with van der Waals surface area (Å²) in [7, 11) is -0.364. The molecule has 0 amide bonds. The first kappa shape index (κ1) is 27.5. The van der Waals surface area contributed by atoms with E-state index in [-0.39, 0.29) is 10.6 Å². The van der Waals surface area contributed by atoms with Crippen LogP contribution in [0.5, 0.6) is 11.5 Å². The van der Waals surface area contributed by atoms with E-state index in [1.54, 1.807) is 11.7 Å². The average Bonchev–Trinajstić information content (AvgIpc) is 3.24. The fourth-order valence-corrected chi connectivity index (χ4v) is 5.50. The van der Waals surface area contributed by atoms with Crippen LogP contribution in [0.3, 0.4) is 0 Å². The van der Waals surface area contributed by atoms with E-state index in [9.17, 15) is 4.79 Å². The monoisotopic (exact) mass is 551 g/mol. The molecule has 0 saturated heterocycles. The molecule has 0 fully saturated rings. The summed E-state index contributed by atoms with van der Waals surface area (Å²) >= 11 is 0. The molecule has 0 aromatic heterocycles. The Morgan fingerprint density at radius 3 is 2.25 bits per heavy atom. The molecule has 3 aromatic carbocycles. The van der Waals surface area contributed by atoms with Gasteiger partial charge in [0.15, 0.2) is 5.82 Å². The second-order valence-electron chi connectivity index (χ2n) is 11.8. The number of benzene rings is 3. The highest BCUT2D eigenvalue weighted by Gasteiger charge is 2.39. The molecule has 0 radical (unpaired) electrons. The fraction of sp³-hybridized carbons (Fsp3) is 0.273. The second-order valence-corrected chi connectivity index (χ2v) is 16.5. The van der Waals surface area contributed by atoms with Gasteiger partial charge in [-0.15, -0.1) is 0 Å². The molecular formula is C33H37N3O3Si. The standard InChI is InChI=1S/C33H37N3O3Si/c1-33(2,3)40(5,6)39-27-14-10-13-25(21-27)30-22-36-31(28(34-30)19-23-11-8-7-9-12-23)35-29(32(36)37)20-24-15-17-26(38-4)18-16-24/h7-18,21-22,34H,19-20H2,1-6H3. The van der Waals surface area contributed by atoms with E-state index in [2.05, 4.69) is 57.0 Å². The maximum Gasteiger partial charge on any atom is 0.278 e. The highest BCUT2D eigenvalue weighted by molar-refractivity contribution is 6.74. The lowest BCUT2D eigenvalue weighted by Crippen LogP contribution is -2.43. The second kappa shape index (κ2) is 10.8. The summed E-state index contributed by atoms with van der Waals surface area (Å²) in [6, 6.07) is 26.1. The maximum absolute atomic E-state index is 13.7. The first-order chi connectivity index (χ1) is 19.0. The molecule has 40 heavy (non-hydrogen) atoms. The van der Waals surface area contributed by atoms with Crippen LogP contribution < -0.4 is 14.7 Å². The predicted molar refractivity (Wildman–Crippen MR) is 164 cm³/mol. The van der Waals surface area contributed by atoms with Gasteiger partial charge in [0, 0.05) is 24.6 Å². The van der Waals surface area contributed by atoms with Crippen molar-refractivity contribution in [1.82, 2.24) is 14.5 Å². The molecule has 3 aromatic rings. The number of hydrogen-bond acceptors (Lipinski definition) is 4. The Bertz CT molecular complexity index is 1630. The minimum atomic E-state index is -2.01. The lowest BCUT2D eigenvalue weighted by atomic mass is 10.1. The van der Waals surface area contributed by atoms with Crippen molar-refractivity contribution in [3.63, 3.8) is 0 Å². The molecule has 1 N–H and O–H groups in total. The number of imidazole rings is 1. The van der Waals surface area contributed by atoms with E-state index in [0.717, 1.165) is 39.6 Å². The van der Waals surface area contributed by atoms with Gasteiger partial charge in [0.1, 0.15) is 17.2 Å². The van der Waals surface area contributed by atoms with E-state index < -0.39 is 8.32 Å². The Kier molecular flexibility index (Phi) is 7.42. The summed E-state index contributed by atoms with van der Waals surface area (Å²) in [6.07, 6.45) is 2.93. The molecule has 0 aliphatic carbocycles. The van der Waals surface area contributed by atoms with Gasteiger partial charge in [0.25, 0.3) is 5.56 Å². The van der Waals surface area contributed by atoms with Gasteiger partial charge in [-0.05, 0) is 53.5 Å². The Balaban J connectivity index is 1.58. The molecule has 5 rings (SSSR count). The fourth-order valence-electron chi connectivity index (χ4n) is 4.47. The topological polar surface area (TPSA) is 69.1 Å². The largest absolute Gasteiger partial charge is 0.543 e. The number of nitrogens with one attached hydrogen (secondary N) is 1. The van der Waals surface area contributed by atoms with Crippen LogP contribution >= 0.6 is 0 Å².